The number of aromatic nitrogens is 4. The fraction of sp³-hybridized carbons (Fsp3) is 0.0526. The Hall–Kier alpha value is -3.54. The topological polar surface area (TPSA) is 83.6 Å². The first-order chi connectivity index (χ1) is 12.2. The minimum atomic E-state index is -0.273. The van der Waals surface area contributed by atoms with E-state index in [2.05, 4.69) is 25.5 Å². The number of nitrogens with zero attached hydrogens (tertiary/aromatic N) is 3. The number of para-hydroxylation sites is 2. The molecule has 2 aromatic carbocycles. The molecule has 0 spiro atoms. The molecule has 0 aliphatic heterocycles. The van der Waals surface area contributed by atoms with Crippen molar-refractivity contribution in [3.63, 3.8) is 0 Å². The summed E-state index contributed by atoms with van der Waals surface area (Å²) in [4.78, 5) is 21.4. The van der Waals surface area contributed by atoms with Crippen molar-refractivity contribution in [2.24, 2.45) is 0 Å². The number of benzene rings is 2. The molecule has 0 radical (unpaired) electrons. The van der Waals surface area contributed by atoms with Gasteiger partial charge in [0.2, 0.25) is 0 Å². The van der Waals surface area contributed by atoms with Crippen LogP contribution >= 0.6 is 0 Å². The van der Waals surface area contributed by atoms with E-state index in [-0.39, 0.29) is 5.91 Å². The standard InChI is InChI=1S/C19H15N5O/c1-12-20-18(24-23-12)14-7-3-5-9-16(14)22-19(25)17-11-10-13-6-2-4-8-15(13)21-17/h2-11H,1H3,(H,22,25)(H,20,23,24). The third-order valence-electron chi connectivity index (χ3n) is 3.84. The molecule has 0 atom stereocenters. The SMILES string of the molecule is Cc1nc(-c2ccccc2NC(=O)c2ccc3ccccc3n2)n[nH]1. The highest BCUT2D eigenvalue weighted by atomic mass is 16.1. The Morgan fingerprint density at radius 1 is 0.960 bits per heavy atom. The van der Waals surface area contributed by atoms with Gasteiger partial charge >= 0.3 is 0 Å². The Bertz CT molecular complexity index is 1070. The highest BCUT2D eigenvalue weighted by Crippen LogP contribution is 2.25. The van der Waals surface area contributed by atoms with E-state index in [4.69, 9.17) is 0 Å². The fourth-order valence-corrected chi connectivity index (χ4v) is 2.63. The van der Waals surface area contributed by atoms with Gasteiger partial charge in [-0.3, -0.25) is 9.89 Å². The van der Waals surface area contributed by atoms with E-state index in [1.807, 2.05) is 61.5 Å². The van der Waals surface area contributed by atoms with Crippen molar-refractivity contribution in [2.75, 3.05) is 5.32 Å². The second kappa shape index (κ2) is 6.16. The Morgan fingerprint density at radius 3 is 2.60 bits per heavy atom. The van der Waals surface area contributed by atoms with Crippen LogP contribution in [-0.4, -0.2) is 26.1 Å². The van der Waals surface area contributed by atoms with Gasteiger partial charge in [0, 0.05) is 10.9 Å². The summed E-state index contributed by atoms with van der Waals surface area (Å²) in [5.74, 6) is 0.984. The van der Waals surface area contributed by atoms with Crippen molar-refractivity contribution < 1.29 is 4.79 Å². The summed E-state index contributed by atoms with van der Waals surface area (Å²) in [5, 5.41) is 10.9. The average molecular weight is 329 g/mol. The number of rotatable bonds is 3. The van der Waals surface area contributed by atoms with Crippen LogP contribution in [0.15, 0.2) is 60.7 Å². The number of hydrogen-bond donors (Lipinski definition) is 2. The van der Waals surface area contributed by atoms with Gasteiger partial charge in [-0.25, -0.2) is 9.97 Å². The minimum Gasteiger partial charge on any atom is -0.320 e. The van der Waals surface area contributed by atoms with Crippen LogP contribution in [0.5, 0.6) is 0 Å². The van der Waals surface area contributed by atoms with Crippen LogP contribution in [0, 0.1) is 6.92 Å². The Kier molecular flexibility index (Phi) is 3.70. The van der Waals surface area contributed by atoms with Gasteiger partial charge in [-0.1, -0.05) is 36.4 Å². The summed E-state index contributed by atoms with van der Waals surface area (Å²) < 4.78 is 0. The lowest BCUT2D eigenvalue weighted by Gasteiger charge is -2.09. The zero-order valence-corrected chi connectivity index (χ0v) is 13.5. The van der Waals surface area contributed by atoms with Gasteiger partial charge < -0.3 is 5.32 Å². The van der Waals surface area contributed by atoms with Gasteiger partial charge in [-0.15, -0.1) is 0 Å². The molecule has 0 unspecified atom stereocenters. The number of nitrogens with one attached hydrogen (secondary N) is 2. The molecule has 6 nitrogen and oxygen atoms in total. The Morgan fingerprint density at radius 2 is 1.76 bits per heavy atom. The number of aryl methyl sites for hydroxylation is 1. The van der Waals surface area contributed by atoms with E-state index in [0.29, 0.717) is 23.0 Å². The minimum absolute atomic E-state index is 0.273. The summed E-state index contributed by atoms with van der Waals surface area (Å²) in [7, 11) is 0. The number of carbonyl (C=O) groups excluding carboxylic acids is 1. The molecule has 25 heavy (non-hydrogen) atoms. The molecule has 4 aromatic rings. The van der Waals surface area contributed by atoms with E-state index in [1.165, 1.54) is 0 Å². The van der Waals surface area contributed by atoms with Crippen LogP contribution in [-0.2, 0) is 0 Å². The molecular weight excluding hydrogens is 314 g/mol. The van der Waals surface area contributed by atoms with Crippen LogP contribution in [0.25, 0.3) is 22.3 Å². The third kappa shape index (κ3) is 2.97. The lowest BCUT2D eigenvalue weighted by atomic mass is 10.1. The molecule has 0 saturated carbocycles. The number of carbonyl (C=O) groups is 1. The maximum absolute atomic E-state index is 12.6. The third-order valence-corrected chi connectivity index (χ3v) is 3.84. The quantitative estimate of drug-likeness (QED) is 0.602. The largest absolute Gasteiger partial charge is 0.320 e. The number of anilines is 1. The molecule has 0 saturated heterocycles. The molecule has 2 N–H and O–H groups in total. The average Bonchev–Trinajstić information content (AvgIpc) is 3.08. The van der Waals surface area contributed by atoms with Crippen LogP contribution in [0.4, 0.5) is 5.69 Å². The number of amides is 1. The highest BCUT2D eigenvalue weighted by Gasteiger charge is 2.14. The van der Waals surface area contributed by atoms with E-state index < -0.39 is 0 Å². The van der Waals surface area contributed by atoms with Gasteiger partial charge in [0.25, 0.3) is 5.91 Å². The zero-order valence-electron chi connectivity index (χ0n) is 13.5. The summed E-state index contributed by atoms with van der Waals surface area (Å²) >= 11 is 0. The van der Waals surface area contributed by atoms with E-state index >= 15 is 0 Å². The zero-order chi connectivity index (χ0) is 17.2. The first kappa shape index (κ1) is 15.0. The second-order valence-electron chi connectivity index (χ2n) is 5.63. The van der Waals surface area contributed by atoms with E-state index in [0.717, 1.165) is 16.5 Å². The summed E-state index contributed by atoms with van der Waals surface area (Å²) in [5.41, 5.74) is 2.54. The summed E-state index contributed by atoms with van der Waals surface area (Å²) in [6.45, 7) is 1.83. The summed E-state index contributed by atoms with van der Waals surface area (Å²) in [6, 6.07) is 18.7. The number of fused-ring (bicyclic) bond motifs is 1. The van der Waals surface area contributed by atoms with Gasteiger partial charge in [-0.2, -0.15) is 5.10 Å². The molecule has 0 aliphatic carbocycles. The first-order valence-electron chi connectivity index (χ1n) is 7.86. The van der Waals surface area contributed by atoms with Crippen molar-refractivity contribution in [3.05, 3.63) is 72.2 Å². The predicted molar refractivity (Wildman–Crippen MR) is 96.3 cm³/mol. The van der Waals surface area contributed by atoms with Crippen molar-refractivity contribution in [2.45, 2.75) is 6.92 Å². The molecular formula is C19H15N5O. The fourth-order valence-electron chi connectivity index (χ4n) is 2.63. The van der Waals surface area contributed by atoms with Gasteiger partial charge in [0.1, 0.15) is 11.5 Å². The van der Waals surface area contributed by atoms with Crippen LogP contribution in [0.3, 0.4) is 0 Å². The van der Waals surface area contributed by atoms with Crippen molar-refractivity contribution >= 4 is 22.5 Å². The first-order valence-corrected chi connectivity index (χ1v) is 7.86. The van der Waals surface area contributed by atoms with Crippen molar-refractivity contribution in [3.8, 4) is 11.4 Å². The van der Waals surface area contributed by atoms with Crippen molar-refractivity contribution in [1.82, 2.24) is 20.2 Å². The molecule has 0 bridgehead atoms. The Labute approximate surface area is 144 Å². The van der Waals surface area contributed by atoms with Crippen LogP contribution in [0.1, 0.15) is 16.3 Å². The molecule has 1 amide bonds. The van der Waals surface area contributed by atoms with Gasteiger partial charge in [0.05, 0.1) is 11.2 Å². The molecule has 2 aromatic heterocycles. The lowest BCUT2D eigenvalue weighted by molar-refractivity contribution is 0.102. The lowest BCUT2D eigenvalue weighted by Crippen LogP contribution is -2.14. The second-order valence-corrected chi connectivity index (χ2v) is 5.63. The molecule has 2 heterocycles. The molecule has 0 fully saturated rings. The maximum Gasteiger partial charge on any atom is 0.274 e. The van der Waals surface area contributed by atoms with E-state index in [1.54, 1.807) is 6.07 Å². The summed E-state index contributed by atoms with van der Waals surface area (Å²) in [6.07, 6.45) is 0. The normalized spacial score (nSPS) is 10.8. The molecule has 122 valence electrons. The number of hydrogen-bond acceptors (Lipinski definition) is 4. The van der Waals surface area contributed by atoms with Crippen LogP contribution < -0.4 is 5.32 Å². The molecule has 0 aliphatic rings. The monoisotopic (exact) mass is 329 g/mol. The molecule has 6 heteroatoms. The number of pyridine rings is 1. The number of H-pyrrole nitrogens is 1. The van der Waals surface area contributed by atoms with E-state index in [9.17, 15) is 4.79 Å². The van der Waals surface area contributed by atoms with Gasteiger partial charge in [0.15, 0.2) is 5.82 Å². The van der Waals surface area contributed by atoms with Crippen LogP contribution in [0.2, 0.25) is 0 Å². The predicted octanol–water partition coefficient (Wildman–Crippen LogP) is 3.58. The molecule has 4 rings (SSSR count). The highest BCUT2D eigenvalue weighted by molar-refractivity contribution is 6.05. The van der Waals surface area contributed by atoms with Gasteiger partial charge in [-0.05, 0) is 31.2 Å². The number of aromatic amines is 1. The van der Waals surface area contributed by atoms with Crippen molar-refractivity contribution in [1.29, 1.82) is 0 Å². The smallest absolute Gasteiger partial charge is 0.274 e. The Balaban J connectivity index is 1.66. The maximum atomic E-state index is 12.6.